The van der Waals surface area contributed by atoms with Gasteiger partial charge in [0.2, 0.25) is 0 Å². The number of methoxy groups -OCH3 is 2. The second kappa shape index (κ2) is 8.53. The van der Waals surface area contributed by atoms with Gasteiger partial charge in [-0.05, 0) is 25.1 Å². The summed E-state index contributed by atoms with van der Waals surface area (Å²) < 4.78 is 20.7. The lowest BCUT2D eigenvalue weighted by molar-refractivity contribution is 0.0457. The monoisotopic (exact) mass is 268 g/mol. The van der Waals surface area contributed by atoms with Gasteiger partial charge in [-0.2, -0.15) is 0 Å². The average Bonchev–Trinajstić information content (AvgIpc) is 2.41. The van der Waals surface area contributed by atoms with E-state index in [4.69, 9.17) is 18.9 Å². The van der Waals surface area contributed by atoms with Crippen LogP contribution in [0, 0.1) is 0 Å². The van der Waals surface area contributed by atoms with E-state index in [1.807, 2.05) is 6.07 Å². The Hall–Kier alpha value is -1.56. The van der Waals surface area contributed by atoms with E-state index in [-0.39, 0.29) is 13.6 Å². The van der Waals surface area contributed by atoms with Gasteiger partial charge in [-0.1, -0.05) is 12.1 Å². The fourth-order valence-electron chi connectivity index (χ4n) is 1.42. The average molecular weight is 268 g/mol. The highest BCUT2D eigenvalue weighted by atomic mass is 16.7. The molecule has 0 heterocycles. The maximum Gasteiger partial charge on any atom is 0.188 e. The molecule has 0 bridgehead atoms. The van der Waals surface area contributed by atoms with Crippen LogP contribution < -0.4 is 9.47 Å². The molecule has 0 aliphatic rings. The quantitative estimate of drug-likeness (QED) is 0.731. The molecule has 1 N–H and O–H groups in total. The van der Waals surface area contributed by atoms with Crippen LogP contribution >= 0.6 is 0 Å². The molecular formula is C14H20O5. The Morgan fingerprint density at radius 1 is 1.11 bits per heavy atom. The summed E-state index contributed by atoms with van der Waals surface area (Å²) in [5.41, 5.74) is 0.734. The minimum atomic E-state index is -0.550. The second-order valence-corrected chi connectivity index (χ2v) is 3.87. The first-order valence-corrected chi connectivity index (χ1v) is 5.91. The molecule has 1 rings (SSSR count). The summed E-state index contributed by atoms with van der Waals surface area (Å²) in [5.74, 6) is 1.24. The van der Waals surface area contributed by atoms with Gasteiger partial charge in [-0.15, -0.1) is 0 Å². The molecule has 0 radical (unpaired) electrons. The fourth-order valence-corrected chi connectivity index (χ4v) is 1.42. The van der Waals surface area contributed by atoms with Crippen LogP contribution in [-0.2, 0) is 9.47 Å². The van der Waals surface area contributed by atoms with Gasteiger partial charge in [-0.25, -0.2) is 0 Å². The highest BCUT2D eigenvalue weighted by molar-refractivity contribution is 5.64. The zero-order valence-corrected chi connectivity index (χ0v) is 11.5. The second-order valence-electron chi connectivity index (χ2n) is 3.87. The van der Waals surface area contributed by atoms with Crippen molar-refractivity contribution in [1.82, 2.24) is 0 Å². The predicted molar refractivity (Wildman–Crippen MR) is 72.2 cm³/mol. The standard InChI is InChI=1S/C14H20O5/c1-11(15)7-8-12-13(18-9-16-2)5-4-6-14(12)19-10-17-3/h4-8,11,15H,9-10H2,1-3H3/b8-7+/t11-/m0/s1. The van der Waals surface area contributed by atoms with Crippen LogP contribution in [0.5, 0.6) is 11.5 Å². The van der Waals surface area contributed by atoms with E-state index in [0.29, 0.717) is 11.5 Å². The molecule has 1 aromatic rings. The number of hydrogen-bond acceptors (Lipinski definition) is 5. The highest BCUT2D eigenvalue weighted by Gasteiger charge is 2.08. The van der Waals surface area contributed by atoms with Gasteiger partial charge in [0.1, 0.15) is 11.5 Å². The molecule has 19 heavy (non-hydrogen) atoms. The molecule has 1 atom stereocenters. The van der Waals surface area contributed by atoms with Gasteiger partial charge in [0.15, 0.2) is 13.6 Å². The van der Waals surface area contributed by atoms with Crippen molar-refractivity contribution in [2.75, 3.05) is 27.8 Å². The first-order chi connectivity index (χ1) is 9.19. The van der Waals surface area contributed by atoms with E-state index < -0.39 is 6.10 Å². The lowest BCUT2D eigenvalue weighted by Crippen LogP contribution is -2.04. The largest absolute Gasteiger partial charge is 0.467 e. The van der Waals surface area contributed by atoms with Crippen LogP contribution in [0.3, 0.4) is 0 Å². The molecular weight excluding hydrogens is 248 g/mol. The number of aliphatic hydroxyl groups excluding tert-OH is 1. The molecule has 0 amide bonds. The Labute approximate surface area is 113 Å². The normalized spacial score (nSPS) is 12.6. The Morgan fingerprint density at radius 2 is 1.63 bits per heavy atom. The predicted octanol–water partition coefficient (Wildman–Crippen LogP) is 2.05. The molecule has 0 aromatic heterocycles. The van der Waals surface area contributed by atoms with Gasteiger partial charge in [0, 0.05) is 14.2 Å². The number of rotatable bonds is 8. The van der Waals surface area contributed by atoms with Crippen molar-refractivity contribution in [3.05, 3.63) is 29.8 Å². The third kappa shape index (κ3) is 5.30. The van der Waals surface area contributed by atoms with Crippen molar-refractivity contribution in [2.24, 2.45) is 0 Å². The van der Waals surface area contributed by atoms with Gasteiger partial charge in [0.05, 0.1) is 11.7 Å². The Balaban J connectivity index is 3.00. The van der Waals surface area contributed by atoms with E-state index in [1.165, 1.54) is 0 Å². The minimum absolute atomic E-state index is 0.142. The lowest BCUT2D eigenvalue weighted by Gasteiger charge is -2.13. The molecule has 0 saturated heterocycles. The van der Waals surface area contributed by atoms with Crippen LogP contribution in [0.1, 0.15) is 12.5 Å². The minimum Gasteiger partial charge on any atom is -0.467 e. The zero-order chi connectivity index (χ0) is 14.1. The Bertz CT molecular complexity index is 375. The zero-order valence-electron chi connectivity index (χ0n) is 11.5. The van der Waals surface area contributed by atoms with Crippen molar-refractivity contribution >= 4 is 6.08 Å². The molecule has 5 heteroatoms. The van der Waals surface area contributed by atoms with E-state index in [0.717, 1.165) is 5.56 Å². The summed E-state index contributed by atoms with van der Waals surface area (Å²) >= 11 is 0. The van der Waals surface area contributed by atoms with Gasteiger partial charge < -0.3 is 24.1 Å². The Morgan fingerprint density at radius 3 is 2.05 bits per heavy atom. The molecule has 106 valence electrons. The first-order valence-electron chi connectivity index (χ1n) is 5.91. The summed E-state index contributed by atoms with van der Waals surface area (Å²) in [6.07, 6.45) is 2.85. The van der Waals surface area contributed by atoms with Crippen LogP contribution in [-0.4, -0.2) is 39.0 Å². The number of benzene rings is 1. The molecule has 0 fully saturated rings. The van der Waals surface area contributed by atoms with E-state index in [2.05, 4.69) is 0 Å². The SMILES string of the molecule is COCOc1cccc(OCOC)c1/C=C/[C@H](C)O. The fraction of sp³-hybridized carbons (Fsp3) is 0.429. The first kappa shape index (κ1) is 15.5. The third-order valence-electron chi connectivity index (χ3n) is 2.23. The summed E-state index contributed by atoms with van der Waals surface area (Å²) in [6.45, 7) is 1.96. The number of hydrogen-bond donors (Lipinski definition) is 1. The maximum absolute atomic E-state index is 9.33. The summed E-state index contributed by atoms with van der Waals surface area (Å²) in [6, 6.07) is 5.43. The van der Waals surface area contributed by atoms with Crippen LogP contribution in [0.4, 0.5) is 0 Å². The molecule has 0 spiro atoms. The molecule has 0 aliphatic heterocycles. The lowest BCUT2D eigenvalue weighted by atomic mass is 10.1. The van der Waals surface area contributed by atoms with E-state index >= 15 is 0 Å². The number of ether oxygens (including phenoxy) is 4. The van der Waals surface area contributed by atoms with Crippen molar-refractivity contribution in [3.63, 3.8) is 0 Å². The van der Waals surface area contributed by atoms with Crippen molar-refractivity contribution in [3.8, 4) is 11.5 Å². The van der Waals surface area contributed by atoms with Crippen LogP contribution in [0.2, 0.25) is 0 Å². The van der Waals surface area contributed by atoms with Crippen molar-refractivity contribution in [2.45, 2.75) is 13.0 Å². The summed E-state index contributed by atoms with van der Waals surface area (Å²) in [4.78, 5) is 0. The topological polar surface area (TPSA) is 57.2 Å². The summed E-state index contributed by atoms with van der Waals surface area (Å²) in [7, 11) is 3.10. The number of aliphatic hydroxyl groups is 1. The molecule has 1 aromatic carbocycles. The van der Waals surface area contributed by atoms with Crippen molar-refractivity contribution in [1.29, 1.82) is 0 Å². The van der Waals surface area contributed by atoms with Gasteiger partial charge in [-0.3, -0.25) is 0 Å². The van der Waals surface area contributed by atoms with Crippen molar-refractivity contribution < 1.29 is 24.1 Å². The van der Waals surface area contributed by atoms with Crippen LogP contribution in [0.25, 0.3) is 6.08 Å². The summed E-state index contributed by atoms with van der Waals surface area (Å²) in [5, 5.41) is 9.33. The smallest absolute Gasteiger partial charge is 0.188 e. The molecule has 0 saturated carbocycles. The Kier molecular flexibility index (Phi) is 6.95. The maximum atomic E-state index is 9.33. The van der Waals surface area contributed by atoms with Gasteiger partial charge in [0.25, 0.3) is 0 Å². The molecule has 0 aliphatic carbocycles. The van der Waals surface area contributed by atoms with Gasteiger partial charge >= 0.3 is 0 Å². The van der Waals surface area contributed by atoms with E-state index in [9.17, 15) is 5.11 Å². The van der Waals surface area contributed by atoms with Crippen LogP contribution in [0.15, 0.2) is 24.3 Å². The molecule has 0 unspecified atom stereocenters. The molecule has 5 nitrogen and oxygen atoms in total. The highest BCUT2D eigenvalue weighted by Crippen LogP contribution is 2.30. The van der Waals surface area contributed by atoms with E-state index in [1.54, 1.807) is 45.4 Å². The third-order valence-corrected chi connectivity index (χ3v) is 2.23.